The van der Waals surface area contributed by atoms with Gasteiger partial charge in [0, 0.05) is 16.2 Å². The van der Waals surface area contributed by atoms with Crippen LogP contribution >= 0.6 is 11.8 Å². The molecule has 0 bridgehead atoms. The highest BCUT2D eigenvalue weighted by Gasteiger charge is 2.06. The minimum atomic E-state index is -0.861. The molecule has 0 saturated carbocycles. The first-order valence-electron chi connectivity index (χ1n) is 5.68. The van der Waals surface area contributed by atoms with Crippen LogP contribution in [0, 0.1) is 0 Å². The summed E-state index contributed by atoms with van der Waals surface area (Å²) in [7, 11) is 0. The molecule has 0 aliphatic rings. The van der Waals surface area contributed by atoms with Crippen LogP contribution in [0.1, 0.15) is 12.6 Å². The van der Waals surface area contributed by atoms with Gasteiger partial charge in [-0.05, 0) is 24.0 Å². The lowest BCUT2D eigenvalue weighted by molar-refractivity contribution is -0.136. The van der Waals surface area contributed by atoms with Gasteiger partial charge in [-0.25, -0.2) is 0 Å². The smallest absolute Gasteiger partial charge is 0.309 e. The molecule has 0 fully saturated rings. The van der Waals surface area contributed by atoms with Crippen LogP contribution in [0.15, 0.2) is 35.2 Å². The molecule has 0 aliphatic carbocycles. The lowest BCUT2D eigenvalue weighted by Crippen LogP contribution is -1.99. The minimum absolute atomic E-state index is 0.0310. The van der Waals surface area contributed by atoms with Gasteiger partial charge in [-0.1, -0.05) is 19.1 Å². The maximum atomic E-state index is 10.6. The van der Waals surface area contributed by atoms with Crippen LogP contribution in [0.5, 0.6) is 0 Å². The summed E-state index contributed by atoms with van der Waals surface area (Å²) in [6.45, 7) is 2.12. The van der Waals surface area contributed by atoms with Crippen LogP contribution in [-0.4, -0.2) is 27.0 Å². The van der Waals surface area contributed by atoms with Crippen molar-refractivity contribution in [3.63, 3.8) is 0 Å². The van der Waals surface area contributed by atoms with Crippen LogP contribution in [0.25, 0.3) is 11.3 Å². The molecule has 2 aromatic rings. The molecule has 0 amide bonds. The average molecular weight is 262 g/mol. The quantitative estimate of drug-likeness (QED) is 0.813. The third-order valence-electron chi connectivity index (χ3n) is 2.43. The van der Waals surface area contributed by atoms with Crippen LogP contribution in [-0.2, 0) is 11.2 Å². The number of hydrogen-bond acceptors (Lipinski definition) is 3. The van der Waals surface area contributed by atoms with Gasteiger partial charge >= 0.3 is 5.97 Å². The lowest BCUT2D eigenvalue weighted by Gasteiger charge is -1.99. The summed E-state index contributed by atoms with van der Waals surface area (Å²) in [6.07, 6.45) is -0.0310. The van der Waals surface area contributed by atoms with E-state index in [4.69, 9.17) is 5.11 Å². The molecule has 0 atom stereocenters. The minimum Gasteiger partial charge on any atom is -0.481 e. The van der Waals surface area contributed by atoms with Crippen molar-refractivity contribution in [2.24, 2.45) is 0 Å². The topological polar surface area (TPSA) is 66.0 Å². The number of hydrogen-bond donors (Lipinski definition) is 2. The number of aliphatic carboxylic acids is 1. The van der Waals surface area contributed by atoms with Crippen molar-refractivity contribution in [1.29, 1.82) is 0 Å². The van der Waals surface area contributed by atoms with Gasteiger partial charge in [0.05, 0.1) is 12.1 Å². The van der Waals surface area contributed by atoms with Crippen molar-refractivity contribution in [3.05, 3.63) is 36.0 Å². The average Bonchev–Trinajstić information content (AvgIpc) is 2.78. The molecular formula is C13H14N2O2S. The maximum Gasteiger partial charge on any atom is 0.309 e. The van der Waals surface area contributed by atoms with Crippen LogP contribution in [0.3, 0.4) is 0 Å². The van der Waals surface area contributed by atoms with Crippen molar-refractivity contribution in [1.82, 2.24) is 10.2 Å². The first-order chi connectivity index (χ1) is 8.69. The number of carboxylic acid groups (broad SMARTS) is 1. The summed E-state index contributed by atoms with van der Waals surface area (Å²) in [4.78, 5) is 11.8. The number of nitrogens with one attached hydrogen (secondary N) is 1. The Bertz CT molecular complexity index is 534. The van der Waals surface area contributed by atoms with E-state index in [1.165, 1.54) is 4.90 Å². The fourth-order valence-electron chi connectivity index (χ4n) is 1.65. The summed E-state index contributed by atoms with van der Waals surface area (Å²) in [5.74, 6) is 0.185. The number of aromatic nitrogens is 2. The van der Waals surface area contributed by atoms with Crippen LogP contribution in [0.2, 0.25) is 0 Å². The van der Waals surface area contributed by atoms with Gasteiger partial charge in [-0.2, -0.15) is 5.10 Å². The predicted molar refractivity (Wildman–Crippen MR) is 71.8 cm³/mol. The summed E-state index contributed by atoms with van der Waals surface area (Å²) in [6, 6.07) is 9.87. The molecule has 2 N–H and O–H groups in total. The van der Waals surface area contributed by atoms with Crippen LogP contribution in [0.4, 0.5) is 0 Å². The summed E-state index contributed by atoms with van der Waals surface area (Å²) in [5, 5.41) is 15.6. The van der Waals surface area contributed by atoms with Crippen molar-refractivity contribution in [2.75, 3.05) is 5.75 Å². The summed E-state index contributed by atoms with van der Waals surface area (Å²) < 4.78 is 0. The Kier molecular flexibility index (Phi) is 4.04. The van der Waals surface area contributed by atoms with E-state index in [2.05, 4.69) is 29.3 Å². The number of carboxylic acids is 1. The van der Waals surface area contributed by atoms with Gasteiger partial charge in [0.1, 0.15) is 0 Å². The molecule has 94 valence electrons. The fraction of sp³-hybridized carbons (Fsp3) is 0.231. The number of rotatable bonds is 5. The maximum absolute atomic E-state index is 10.6. The van der Waals surface area contributed by atoms with E-state index < -0.39 is 5.97 Å². The molecule has 0 radical (unpaired) electrons. The second kappa shape index (κ2) is 5.73. The lowest BCUT2D eigenvalue weighted by atomic mass is 10.1. The Morgan fingerprint density at radius 1 is 1.39 bits per heavy atom. The molecule has 0 saturated heterocycles. The Labute approximate surface area is 109 Å². The van der Waals surface area contributed by atoms with Crippen molar-refractivity contribution in [2.45, 2.75) is 18.2 Å². The molecule has 1 heterocycles. The molecule has 1 aromatic carbocycles. The van der Waals surface area contributed by atoms with Gasteiger partial charge < -0.3 is 5.11 Å². The Balaban J connectivity index is 2.15. The van der Waals surface area contributed by atoms with E-state index in [1.807, 2.05) is 12.1 Å². The second-order valence-electron chi connectivity index (χ2n) is 3.81. The summed E-state index contributed by atoms with van der Waals surface area (Å²) >= 11 is 1.79. The number of thioether (sulfide) groups is 1. The first-order valence-corrected chi connectivity index (χ1v) is 6.67. The second-order valence-corrected chi connectivity index (χ2v) is 5.14. The summed E-state index contributed by atoms with van der Waals surface area (Å²) in [5.41, 5.74) is 2.38. The van der Waals surface area contributed by atoms with Gasteiger partial charge in [0.2, 0.25) is 0 Å². The standard InChI is InChI=1S/C13H14N2O2S/c1-2-18-11-5-3-9(4-6-11)12-7-10(14-15-12)8-13(16)17/h3-7H,2,8H2,1H3,(H,14,15)(H,16,17). The molecule has 2 rings (SSSR count). The fourth-order valence-corrected chi connectivity index (χ4v) is 2.31. The molecule has 5 heteroatoms. The van der Waals surface area contributed by atoms with E-state index >= 15 is 0 Å². The molecule has 18 heavy (non-hydrogen) atoms. The zero-order chi connectivity index (χ0) is 13.0. The zero-order valence-corrected chi connectivity index (χ0v) is 10.8. The van der Waals surface area contributed by atoms with Crippen molar-refractivity contribution < 1.29 is 9.90 Å². The highest BCUT2D eigenvalue weighted by atomic mass is 32.2. The molecule has 0 unspecified atom stereocenters. The van der Waals surface area contributed by atoms with E-state index in [1.54, 1.807) is 17.8 Å². The van der Waals surface area contributed by atoms with E-state index in [0.29, 0.717) is 5.69 Å². The first kappa shape index (κ1) is 12.7. The largest absolute Gasteiger partial charge is 0.481 e. The van der Waals surface area contributed by atoms with Crippen molar-refractivity contribution in [3.8, 4) is 11.3 Å². The molecule has 1 aromatic heterocycles. The highest BCUT2D eigenvalue weighted by molar-refractivity contribution is 7.99. The van der Waals surface area contributed by atoms with E-state index in [9.17, 15) is 4.79 Å². The molecule has 4 nitrogen and oxygen atoms in total. The van der Waals surface area contributed by atoms with Gasteiger partial charge in [-0.15, -0.1) is 11.8 Å². The van der Waals surface area contributed by atoms with Crippen LogP contribution < -0.4 is 0 Å². The van der Waals surface area contributed by atoms with Gasteiger partial charge in [0.15, 0.2) is 0 Å². The molecule has 0 aliphatic heterocycles. The SMILES string of the molecule is CCSc1ccc(-c2cc(CC(=O)O)[nH]n2)cc1. The van der Waals surface area contributed by atoms with Gasteiger partial charge in [-0.3, -0.25) is 9.89 Å². The number of benzene rings is 1. The van der Waals surface area contributed by atoms with E-state index in [-0.39, 0.29) is 6.42 Å². The number of H-pyrrole nitrogens is 1. The third kappa shape index (κ3) is 3.13. The third-order valence-corrected chi connectivity index (χ3v) is 3.33. The van der Waals surface area contributed by atoms with Crippen molar-refractivity contribution >= 4 is 17.7 Å². The highest BCUT2D eigenvalue weighted by Crippen LogP contribution is 2.23. The normalized spacial score (nSPS) is 10.5. The van der Waals surface area contributed by atoms with E-state index in [0.717, 1.165) is 17.0 Å². The number of carbonyl (C=O) groups is 1. The number of nitrogens with zero attached hydrogens (tertiary/aromatic N) is 1. The van der Waals surface area contributed by atoms with Gasteiger partial charge in [0.25, 0.3) is 0 Å². The Morgan fingerprint density at radius 3 is 2.72 bits per heavy atom. The Morgan fingerprint density at radius 2 is 2.11 bits per heavy atom. The molecular weight excluding hydrogens is 248 g/mol. The zero-order valence-electron chi connectivity index (χ0n) is 10.0. The predicted octanol–water partition coefficient (Wildman–Crippen LogP) is 2.82. The monoisotopic (exact) mass is 262 g/mol. The Hall–Kier alpha value is -1.75. The molecule has 0 spiro atoms. The number of aromatic amines is 1.